The molecule has 0 amide bonds. The summed E-state index contributed by atoms with van der Waals surface area (Å²) in [6.45, 7) is 0.210. The Kier molecular flexibility index (Phi) is 4.24. The van der Waals surface area contributed by atoms with Crippen molar-refractivity contribution in [3.63, 3.8) is 0 Å². The maximum absolute atomic E-state index is 13.5. The molecule has 0 radical (unpaired) electrons. The minimum Gasteiger partial charge on any atom is -0.497 e. The Labute approximate surface area is 185 Å². The molecule has 0 aromatic heterocycles. The Morgan fingerprint density at radius 2 is 1.75 bits per heavy atom. The van der Waals surface area contributed by atoms with E-state index in [0.717, 1.165) is 45.2 Å². The fourth-order valence-corrected chi connectivity index (χ4v) is 4.60. The number of carbonyl (C=O) groups excluding carboxylic acids is 1. The Hall–Kier alpha value is -4.06. The third kappa shape index (κ3) is 2.87. The van der Waals surface area contributed by atoms with E-state index in [1.165, 1.54) is 0 Å². The summed E-state index contributed by atoms with van der Waals surface area (Å²) in [5.41, 5.74) is 9.16. The van der Waals surface area contributed by atoms with Crippen molar-refractivity contribution in [2.75, 3.05) is 13.9 Å². The molecule has 6 nitrogen and oxygen atoms in total. The molecule has 0 fully saturated rings. The van der Waals surface area contributed by atoms with Gasteiger partial charge in [-0.1, -0.05) is 30.3 Å². The number of nitrogens with zero attached hydrogens (tertiary/aromatic N) is 1. The summed E-state index contributed by atoms with van der Waals surface area (Å²) in [7, 11) is 1.65. The SMILES string of the molecule is COc1ccc(C2=NNC3=C(C(=O)c4ccccc43)C(c3ccc4c(c3)OCO4)C2)cc1. The maximum atomic E-state index is 13.5. The number of nitrogens with one attached hydrogen (secondary N) is 1. The second kappa shape index (κ2) is 7.27. The van der Waals surface area contributed by atoms with Crippen LogP contribution in [0.15, 0.2) is 77.4 Å². The van der Waals surface area contributed by atoms with Crippen molar-refractivity contribution in [1.82, 2.24) is 5.43 Å². The number of fused-ring (bicyclic) bond motifs is 3. The Morgan fingerprint density at radius 3 is 2.56 bits per heavy atom. The van der Waals surface area contributed by atoms with Crippen LogP contribution in [0.4, 0.5) is 0 Å². The highest BCUT2D eigenvalue weighted by molar-refractivity contribution is 6.22. The zero-order valence-electron chi connectivity index (χ0n) is 17.4. The largest absolute Gasteiger partial charge is 0.497 e. The second-order valence-corrected chi connectivity index (χ2v) is 7.93. The van der Waals surface area contributed by atoms with Gasteiger partial charge in [-0.2, -0.15) is 5.10 Å². The van der Waals surface area contributed by atoms with Gasteiger partial charge < -0.3 is 14.2 Å². The number of Topliss-reactive ketones (excluding diaryl/α,β-unsaturated/α-hetero) is 1. The lowest BCUT2D eigenvalue weighted by atomic mass is 9.83. The van der Waals surface area contributed by atoms with Crippen molar-refractivity contribution >= 4 is 17.2 Å². The number of benzene rings is 3. The standard InChI is InChI=1S/C26H20N2O4/c1-30-17-9-6-15(7-10-17)21-13-20(16-8-11-22-23(12-16)32-14-31-22)24-25(28-27-21)18-4-2-3-5-19(18)26(24)29/h2-12,20,28H,13-14H2,1H3. The molecular formula is C26H20N2O4. The van der Waals surface area contributed by atoms with Crippen molar-refractivity contribution in [3.8, 4) is 17.2 Å². The molecule has 1 atom stereocenters. The first-order chi connectivity index (χ1) is 15.7. The number of hydrogen-bond donors (Lipinski definition) is 1. The predicted octanol–water partition coefficient (Wildman–Crippen LogP) is 4.51. The van der Waals surface area contributed by atoms with Gasteiger partial charge >= 0.3 is 0 Å². The molecule has 0 saturated carbocycles. The summed E-state index contributed by atoms with van der Waals surface area (Å²) >= 11 is 0. The van der Waals surface area contributed by atoms with E-state index in [4.69, 9.17) is 19.3 Å². The van der Waals surface area contributed by atoms with Gasteiger partial charge in [-0.05, 0) is 47.5 Å². The molecule has 3 aromatic carbocycles. The van der Waals surface area contributed by atoms with Crippen molar-refractivity contribution in [2.45, 2.75) is 12.3 Å². The fraction of sp³-hybridized carbons (Fsp3) is 0.154. The minimum absolute atomic E-state index is 0.0388. The number of hydrogen-bond acceptors (Lipinski definition) is 6. The third-order valence-corrected chi connectivity index (χ3v) is 6.23. The van der Waals surface area contributed by atoms with Gasteiger partial charge in [0.05, 0.1) is 18.5 Å². The summed E-state index contributed by atoms with van der Waals surface area (Å²) in [6, 6.07) is 21.4. The summed E-state index contributed by atoms with van der Waals surface area (Å²) in [4.78, 5) is 13.5. The van der Waals surface area contributed by atoms with E-state index in [1.54, 1.807) is 7.11 Å². The number of rotatable bonds is 3. The first kappa shape index (κ1) is 18.7. The van der Waals surface area contributed by atoms with E-state index in [1.807, 2.05) is 66.7 Å². The summed E-state index contributed by atoms with van der Waals surface area (Å²) < 4.78 is 16.4. The summed E-state index contributed by atoms with van der Waals surface area (Å²) in [5, 5.41) is 4.73. The van der Waals surface area contributed by atoms with Crippen LogP contribution in [-0.4, -0.2) is 25.4 Å². The van der Waals surface area contributed by atoms with E-state index in [2.05, 4.69) is 5.43 Å². The monoisotopic (exact) mass is 424 g/mol. The highest BCUT2D eigenvalue weighted by Gasteiger charge is 2.38. The van der Waals surface area contributed by atoms with E-state index in [-0.39, 0.29) is 18.5 Å². The number of allylic oxidation sites excluding steroid dienone is 1. The molecular weight excluding hydrogens is 404 g/mol. The zero-order chi connectivity index (χ0) is 21.7. The van der Waals surface area contributed by atoms with E-state index >= 15 is 0 Å². The first-order valence-corrected chi connectivity index (χ1v) is 10.5. The van der Waals surface area contributed by atoms with Crippen LogP contribution in [0.5, 0.6) is 17.2 Å². The van der Waals surface area contributed by atoms with Crippen molar-refractivity contribution in [1.29, 1.82) is 0 Å². The van der Waals surface area contributed by atoms with Crippen LogP contribution in [0.3, 0.4) is 0 Å². The summed E-state index contributed by atoms with van der Waals surface area (Å²) in [5.74, 6) is 2.06. The molecule has 32 heavy (non-hydrogen) atoms. The van der Waals surface area contributed by atoms with Crippen LogP contribution < -0.4 is 19.6 Å². The van der Waals surface area contributed by atoms with Gasteiger partial charge in [-0.3, -0.25) is 10.2 Å². The van der Waals surface area contributed by atoms with Crippen LogP contribution in [0.25, 0.3) is 5.70 Å². The number of methoxy groups -OCH3 is 1. The van der Waals surface area contributed by atoms with Gasteiger partial charge in [0.2, 0.25) is 6.79 Å². The minimum atomic E-state index is -0.185. The lowest BCUT2D eigenvalue weighted by Gasteiger charge is -2.19. The second-order valence-electron chi connectivity index (χ2n) is 7.93. The zero-order valence-corrected chi connectivity index (χ0v) is 17.4. The topological polar surface area (TPSA) is 69.2 Å². The molecule has 2 aliphatic heterocycles. The van der Waals surface area contributed by atoms with E-state index in [9.17, 15) is 4.79 Å². The number of ketones is 1. The van der Waals surface area contributed by atoms with Crippen LogP contribution in [0.1, 0.15) is 39.4 Å². The molecule has 0 saturated heterocycles. The normalized spacial score (nSPS) is 18.5. The quantitative estimate of drug-likeness (QED) is 0.670. The van der Waals surface area contributed by atoms with Gasteiger partial charge in [-0.15, -0.1) is 0 Å². The lowest BCUT2D eigenvalue weighted by Crippen LogP contribution is -2.14. The highest BCUT2D eigenvalue weighted by Crippen LogP contribution is 2.45. The fourth-order valence-electron chi connectivity index (χ4n) is 4.60. The predicted molar refractivity (Wildman–Crippen MR) is 120 cm³/mol. The van der Waals surface area contributed by atoms with Gasteiger partial charge in [0.1, 0.15) is 5.75 Å². The number of ether oxygens (including phenoxy) is 3. The van der Waals surface area contributed by atoms with Crippen LogP contribution in [-0.2, 0) is 0 Å². The average molecular weight is 424 g/mol. The van der Waals surface area contributed by atoms with Crippen LogP contribution >= 0.6 is 0 Å². The van der Waals surface area contributed by atoms with Gasteiger partial charge in [0.25, 0.3) is 0 Å². The number of carbonyl (C=O) groups is 1. The van der Waals surface area contributed by atoms with Crippen LogP contribution in [0, 0.1) is 0 Å². The highest BCUT2D eigenvalue weighted by atomic mass is 16.7. The van der Waals surface area contributed by atoms with Gasteiger partial charge in [0, 0.05) is 29.0 Å². The molecule has 6 heteroatoms. The Bertz CT molecular complexity index is 1310. The van der Waals surface area contributed by atoms with Gasteiger partial charge in [0.15, 0.2) is 17.3 Å². The molecule has 3 aromatic rings. The Morgan fingerprint density at radius 1 is 0.969 bits per heavy atom. The third-order valence-electron chi connectivity index (χ3n) is 6.23. The molecule has 0 spiro atoms. The lowest BCUT2D eigenvalue weighted by molar-refractivity contribution is 0.103. The van der Waals surface area contributed by atoms with E-state index in [0.29, 0.717) is 17.7 Å². The smallest absolute Gasteiger partial charge is 0.231 e. The van der Waals surface area contributed by atoms with E-state index < -0.39 is 0 Å². The Balaban J connectivity index is 1.48. The molecule has 2 heterocycles. The molecule has 6 rings (SSSR count). The molecule has 158 valence electrons. The van der Waals surface area contributed by atoms with Gasteiger partial charge in [-0.25, -0.2) is 0 Å². The van der Waals surface area contributed by atoms with Crippen molar-refractivity contribution in [3.05, 3.63) is 94.6 Å². The molecule has 1 aliphatic carbocycles. The van der Waals surface area contributed by atoms with Crippen LogP contribution in [0.2, 0.25) is 0 Å². The average Bonchev–Trinajstić information content (AvgIpc) is 3.35. The summed E-state index contributed by atoms with van der Waals surface area (Å²) in [6.07, 6.45) is 0.567. The molecule has 1 unspecified atom stereocenters. The van der Waals surface area contributed by atoms with Crippen molar-refractivity contribution < 1.29 is 19.0 Å². The number of hydrazone groups is 1. The first-order valence-electron chi connectivity index (χ1n) is 10.5. The van der Waals surface area contributed by atoms with Crippen molar-refractivity contribution in [2.24, 2.45) is 5.10 Å². The molecule has 0 bridgehead atoms. The molecule has 3 aliphatic rings. The molecule has 1 N–H and O–H groups in total. The maximum Gasteiger partial charge on any atom is 0.231 e.